The Labute approximate surface area is 130 Å². The Morgan fingerprint density at radius 2 is 2.17 bits per heavy atom. The van der Waals surface area contributed by atoms with Crippen LogP contribution >= 0.6 is 0 Å². The van der Waals surface area contributed by atoms with E-state index >= 15 is 0 Å². The first kappa shape index (κ1) is 13.6. The lowest BCUT2D eigenvalue weighted by Crippen LogP contribution is -2.28. The van der Waals surface area contributed by atoms with Crippen LogP contribution in [0.3, 0.4) is 0 Å². The lowest BCUT2D eigenvalue weighted by molar-refractivity contribution is 0.0946. The minimum absolute atomic E-state index is 0.116. The summed E-state index contributed by atoms with van der Waals surface area (Å²) in [6.07, 6.45) is 1.97. The number of para-hydroxylation sites is 1. The van der Waals surface area contributed by atoms with E-state index in [0.29, 0.717) is 10.9 Å². The number of hydrogen-bond acceptors (Lipinski definition) is 5. The van der Waals surface area contributed by atoms with Gasteiger partial charge in [0, 0.05) is 18.4 Å². The van der Waals surface area contributed by atoms with Gasteiger partial charge < -0.3 is 14.9 Å². The predicted octanol–water partition coefficient (Wildman–Crippen LogP) is 0.391. The average molecular weight is 310 g/mol. The van der Waals surface area contributed by atoms with Gasteiger partial charge in [0.1, 0.15) is 11.5 Å². The number of fused-ring (bicyclic) bond motifs is 2. The summed E-state index contributed by atoms with van der Waals surface area (Å²) in [7, 11) is 0. The number of amides is 1. The first-order valence-electron chi connectivity index (χ1n) is 7.40. The Bertz CT molecular complexity index is 958. The van der Waals surface area contributed by atoms with Crippen molar-refractivity contribution >= 4 is 16.8 Å². The van der Waals surface area contributed by atoms with Crippen LogP contribution in [0, 0.1) is 0 Å². The van der Waals surface area contributed by atoms with Gasteiger partial charge in [-0.3, -0.25) is 4.79 Å². The van der Waals surface area contributed by atoms with E-state index in [1.165, 1.54) is 0 Å². The smallest absolute Gasteiger partial charge is 0.343 e. The van der Waals surface area contributed by atoms with Crippen molar-refractivity contribution in [2.24, 2.45) is 0 Å². The Morgan fingerprint density at radius 3 is 3.09 bits per heavy atom. The number of hydrogen-bond donors (Lipinski definition) is 2. The summed E-state index contributed by atoms with van der Waals surface area (Å²) in [4.78, 5) is 30.5. The molecular formula is C15H14N6O2. The first-order chi connectivity index (χ1) is 11.2. The SMILES string of the molecule is O=C(NCc1nnc2n1CCC2)c1nc(=O)[nH]c2ccccc12. The van der Waals surface area contributed by atoms with Gasteiger partial charge in [-0.1, -0.05) is 18.2 Å². The summed E-state index contributed by atoms with van der Waals surface area (Å²) in [5, 5.41) is 11.6. The van der Waals surface area contributed by atoms with Gasteiger partial charge in [-0.2, -0.15) is 4.98 Å². The topological polar surface area (TPSA) is 106 Å². The van der Waals surface area contributed by atoms with Gasteiger partial charge in [-0.25, -0.2) is 4.79 Å². The highest BCUT2D eigenvalue weighted by atomic mass is 16.2. The standard InChI is InChI=1S/C15H14N6O2/c22-14(16-8-12-20-19-11-6-3-7-21(11)12)13-9-4-1-2-5-10(9)17-15(23)18-13/h1-2,4-5H,3,6-8H2,(H,16,22)(H,17,18,23). The van der Waals surface area contributed by atoms with Crippen molar-refractivity contribution in [3.63, 3.8) is 0 Å². The van der Waals surface area contributed by atoms with Crippen LogP contribution in [0.4, 0.5) is 0 Å². The van der Waals surface area contributed by atoms with E-state index < -0.39 is 11.6 Å². The van der Waals surface area contributed by atoms with Crippen LogP contribution in [-0.2, 0) is 19.5 Å². The van der Waals surface area contributed by atoms with E-state index in [9.17, 15) is 9.59 Å². The zero-order chi connectivity index (χ0) is 15.8. The van der Waals surface area contributed by atoms with Crippen molar-refractivity contribution in [3.8, 4) is 0 Å². The van der Waals surface area contributed by atoms with Crippen LogP contribution in [0.1, 0.15) is 28.6 Å². The Kier molecular flexibility index (Phi) is 3.14. The zero-order valence-electron chi connectivity index (χ0n) is 12.2. The summed E-state index contributed by atoms with van der Waals surface area (Å²) in [6, 6.07) is 7.08. The Hall–Kier alpha value is -3.03. The van der Waals surface area contributed by atoms with Gasteiger partial charge in [0.05, 0.1) is 12.1 Å². The minimum atomic E-state index is -0.544. The third-order valence-electron chi connectivity index (χ3n) is 3.95. The van der Waals surface area contributed by atoms with Gasteiger partial charge in [0.15, 0.2) is 5.82 Å². The molecule has 8 heteroatoms. The number of rotatable bonds is 3. The van der Waals surface area contributed by atoms with Crippen molar-refractivity contribution in [2.45, 2.75) is 25.9 Å². The number of nitrogens with zero attached hydrogens (tertiary/aromatic N) is 4. The maximum Gasteiger partial charge on any atom is 0.346 e. The van der Waals surface area contributed by atoms with Crippen molar-refractivity contribution in [1.82, 2.24) is 30.0 Å². The number of carbonyl (C=O) groups excluding carboxylic acids is 1. The first-order valence-corrected chi connectivity index (χ1v) is 7.40. The van der Waals surface area contributed by atoms with Crippen molar-refractivity contribution in [1.29, 1.82) is 0 Å². The van der Waals surface area contributed by atoms with E-state index in [1.54, 1.807) is 24.3 Å². The molecule has 0 bridgehead atoms. The summed E-state index contributed by atoms with van der Waals surface area (Å²) in [6.45, 7) is 1.13. The van der Waals surface area contributed by atoms with Crippen molar-refractivity contribution in [3.05, 3.63) is 52.1 Å². The number of aryl methyl sites for hydroxylation is 1. The molecule has 3 aromatic rings. The molecule has 4 rings (SSSR count). The summed E-state index contributed by atoms with van der Waals surface area (Å²) in [5.41, 5.74) is 0.156. The molecule has 8 nitrogen and oxygen atoms in total. The molecule has 0 saturated carbocycles. The largest absolute Gasteiger partial charge is 0.346 e. The van der Waals surface area contributed by atoms with E-state index in [-0.39, 0.29) is 12.2 Å². The Balaban J connectivity index is 1.61. The van der Waals surface area contributed by atoms with E-state index in [1.807, 2.05) is 4.57 Å². The van der Waals surface area contributed by atoms with Crippen molar-refractivity contribution < 1.29 is 4.79 Å². The fraction of sp³-hybridized carbons (Fsp3) is 0.267. The second-order valence-corrected chi connectivity index (χ2v) is 5.41. The number of aromatic amines is 1. The van der Waals surface area contributed by atoms with E-state index in [2.05, 4.69) is 25.5 Å². The van der Waals surface area contributed by atoms with Crippen LogP contribution in [-0.4, -0.2) is 30.6 Å². The normalized spacial score (nSPS) is 13.2. The predicted molar refractivity (Wildman–Crippen MR) is 81.9 cm³/mol. The van der Waals surface area contributed by atoms with Crippen LogP contribution in [0.2, 0.25) is 0 Å². The lowest BCUT2D eigenvalue weighted by Gasteiger charge is -2.07. The molecule has 3 heterocycles. The highest BCUT2D eigenvalue weighted by Crippen LogP contribution is 2.15. The molecule has 1 aromatic carbocycles. The quantitative estimate of drug-likeness (QED) is 0.728. The molecule has 0 unspecified atom stereocenters. The molecule has 0 fully saturated rings. The highest BCUT2D eigenvalue weighted by molar-refractivity contribution is 6.03. The molecule has 1 amide bonds. The fourth-order valence-corrected chi connectivity index (χ4v) is 2.86. The Morgan fingerprint density at radius 1 is 1.30 bits per heavy atom. The third kappa shape index (κ3) is 2.37. The monoisotopic (exact) mass is 310 g/mol. The number of aromatic nitrogens is 5. The van der Waals surface area contributed by atoms with Crippen LogP contribution < -0.4 is 11.0 Å². The average Bonchev–Trinajstić information content (AvgIpc) is 3.15. The number of carbonyl (C=O) groups is 1. The lowest BCUT2D eigenvalue weighted by atomic mass is 10.2. The molecule has 0 aliphatic carbocycles. The third-order valence-corrected chi connectivity index (χ3v) is 3.95. The maximum absolute atomic E-state index is 12.4. The summed E-state index contributed by atoms with van der Waals surface area (Å²) in [5.74, 6) is 1.27. The van der Waals surface area contributed by atoms with Crippen molar-refractivity contribution in [2.75, 3.05) is 0 Å². The number of H-pyrrole nitrogens is 1. The molecule has 1 aliphatic rings. The van der Waals surface area contributed by atoms with E-state index in [0.717, 1.165) is 31.0 Å². The van der Waals surface area contributed by atoms with Gasteiger partial charge in [-0.15, -0.1) is 10.2 Å². The van der Waals surface area contributed by atoms with Crippen LogP contribution in [0.15, 0.2) is 29.1 Å². The van der Waals surface area contributed by atoms with Crippen LogP contribution in [0.25, 0.3) is 10.9 Å². The second kappa shape index (κ2) is 5.31. The molecule has 116 valence electrons. The van der Waals surface area contributed by atoms with Crippen LogP contribution in [0.5, 0.6) is 0 Å². The minimum Gasteiger partial charge on any atom is -0.343 e. The molecule has 1 aliphatic heterocycles. The molecule has 2 aromatic heterocycles. The molecule has 23 heavy (non-hydrogen) atoms. The molecule has 0 saturated heterocycles. The highest BCUT2D eigenvalue weighted by Gasteiger charge is 2.19. The number of nitrogens with one attached hydrogen (secondary N) is 2. The zero-order valence-corrected chi connectivity index (χ0v) is 12.2. The van der Waals surface area contributed by atoms with Gasteiger partial charge in [0.25, 0.3) is 5.91 Å². The molecule has 2 N–H and O–H groups in total. The molecule has 0 atom stereocenters. The summed E-state index contributed by atoms with van der Waals surface area (Å²) < 4.78 is 2.02. The summed E-state index contributed by atoms with van der Waals surface area (Å²) >= 11 is 0. The molecular weight excluding hydrogens is 296 g/mol. The van der Waals surface area contributed by atoms with Gasteiger partial charge in [-0.05, 0) is 12.5 Å². The fourth-order valence-electron chi connectivity index (χ4n) is 2.86. The molecule has 0 radical (unpaired) electrons. The maximum atomic E-state index is 12.4. The van der Waals surface area contributed by atoms with Gasteiger partial charge in [0.2, 0.25) is 0 Å². The molecule has 0 spiro atoms. The second-order valence-electron chi connectivity index (χ2n) is 5.41. The van der Waals surface area contributed by atoms with Gasteiger partial charge >= 0.3 is 5.69 Å². The van der Waals surface area contributed by atoms with E-state index in [4.69, 9.17) is 0 Å². The number of benzene rings is 1.